The zero-order valence-electron chi connectivity index (χ0n) is 8.62. The van der Waals surface area contributed by atoms with E-state index in [0.29, 0.717) is 19.4 Å². The van der Waals surface area contributed by atoms with Gasteiger partial charge in [0.05, 0.1) is 23.2 Å². The summed E-state index contributed by atoms with van der Waals surface area (Å²) in [5, 5.41) is 19.7. The summed E-state index contributed by atoms with van der Waals surface area (Å²) in [6.07, 6.45) is 4.09. The standard InChI is InChI=1S/C11H17NO2/c1-9-7-11(13,5-6-14-9)10(8-12)3-2-4-10/h9,13H,2-7H2,1H3. The maximum absolute atomic E-state index is 10.5. The lowest BCUT2D eigenvalue weighted by Crippen LogP contribution is -2.56. The SMILES string of the molecule is CC1CC(O)(C2(C#N)CCC2)CCO1. The van der Waals surface area contributed by atoms with Gasteiger partial charge in [-0.25, -0.2) is 0 Å². The molecule has 3 heteroatoms. The minimum atomic E-state index is -0.794. The molecule has 0 radical (unpaired) electrons. The van der Waals surface area contributed by atoms with Crippen LogP contribution in [0.1, 0.15) is 39.0 Å². The Morgan fingerprint density at radius 3 is 2.57 bits per heavy atom. The molecule has 3 nitrogen and oxygen atoms in total. The van der Waals surface area contributed by atoms with E-state index in [1.807, 2.05) is 6.92 Å². The Morgan fingerprint density at radius 1 is 1.43 bits per heavy atom. The van der Waals surface area contributed by atoms with Crippen molar-refractivity contribution in [2.24, 2.45) is 5.41 Å². The molecule has 1 aliphatic carbocycles. The van der Waals surface area contributed by atoms with Crippen molar-refractivity contribution in [1.29, 1.82) is 5.26 Å². The monoisotopic (exact) mass is 195 g/mol. The van der Waals surface area contributed by atoms with E-state index in [-0.39, 0.29) is 6.10 Å². The van der Waals surface area contributed by atoms with Gasteiger partial charge in [-0.15, -0.1) is 0 Å². The lowest BCUT2D eigenvalue weighted by atomic mass is 9.57. The van der Waals surface area contributed by atoms with Crippen molar-refractivity contribution in [2.75, 3.05) is 6.61 Å². The quantitative estimate of drug-likeness (QED) is 0.691. The molecule has 14 heavy (non-hydrogen) atoms. The van der Waals surface area contributed by atoms with Gasteiger partial charge >= 0.3 is 0 Å². The molecular weight excluding hydrogens is 178 g/mol. The second-order valence-corrected chi connectivity index (χ2v) is 4.71. The summed E-state index contributed by atoms with van der Waals surface area (Å²) < 4.78 is 5.41. The van der Waals surface area contributed by atoms with E-state index in [0.717, 1.165) is 19.3 Å². The highest BCUT2D eigenvalue weighted by atomic mass is 16.5. The van der Waals surface area contributed by atoms with Gasteiger partial charge in [-0.2, -0.15) is 5.26 Å². The van der Waals surface area contributed by atoms with Crippen LogP contribution in [-0.4, -0.2) is 23.4 Å². The first-order chi connectivity index (χ1) is 6.62. The Labute approximate surface area is 84.7 Å². The molecular formula is C11H17NO2. The minimum absolute atomic E-state index is 0.0829. The van der Waals surface area contributed by atoms with Crippen LogP contribution >= 0.6 is 0 Å². The summed E-state index contributed by atoms with van der Waals surface area (Å²) >= 11 is 0. The average Bonchev–Trinajstić information content (AvgIpc) is 2.01. The van der Waals surface area contributed by atoms with Crippen LogP contribution in [0, 0.1) is 16.7 Å². The summed E-state index contributed by atoms with van der Waals surface area (Å²) in [7, 11) is 0. The molecule has 0 aromatic heterocycles. The smallest absolute Gasteiger partial charge is 0.0879 e. The molecule has 2 unspecified atom stereocenters. The molecule has 2 atom stereocenters. The first-order valence-corrected chi connectivity index (χ1v) is 5.37. The lowest BCUT2D eigenvalue weighted by Gasteiger charge is -2.51. The molecule has 1 aliphatic heterocycles. The molecule has 1 saturated carbocycles. The molecule has 1 heterocycles. The maximum atomic E-state index is 10.5. The van der Waals surface area contributed by atoms with E-state index in [1.165, 1.54) is 0 Å². The van der Waals surface area contributed by atoms with Crippen molar-refractivity contribution in [3.63, 3.8) is 0 Å². The van der Waals surface area contributed by atoms with Gasteiger partial charge in [-0.1, -0.05) is 6.42 Å². The van der Waals surface area contributed by atoms with Gasteiger partial charge in [0.25, 0.3) is 0 Å². The lowest BCUT2D eigenvalue weighted by molar-refractivity contribution is -0.168. The molecule has 0 spiro atoms. The normalized spacial score (nSPS) is 41.1. The Kier molecular flexibility index (Phi) is 2.29. The Hall–Kier alpha value is -0.590. The van der Waals surface area contributed by atoms with Crippen LogP contribution in [0.15, 0.2) is 0 Å². The van der Waals surface area contributed by atoms with Crippen LogP contribution < -0.4 is 0 Å². The van der Waals surface area contributed by atoms with Gasteiger partial charge in [0, 0.05) is 19.4 Å². The van der Waals surface area contributed by atoms with Crippen LogP contribution in [0.25, 0.3) is 0 Å². The van der Waals surface area contributed by atoms with Gasteiger partial charge in [-0.05, 0) is 19.8 Å². The largest absolute Gasteiger partial charge is 0.388 e. The van der Waals surface area contributed by atoms with Crippen molar-refractivity contribution in [3.8, 4) is 6.07 Å². The fourth-order valence-corrected chi connectivity index (χ4v) is 2.71. The number of nitriles is 1. The Balaban J connectivity index is 2.18. The highest BCUT2D eigenvalue weighted by Gasteiger charge is 2.55. The van der Waals surface area contributed by atoms with Crippen LogP contribution in [0.4, 0.5) is 0 Å². The second-order valence-electron chi connectivity index (χ2n) is 4.71. The molecule has 0 aromatic rings. The summed E-state index contributed by atoms with van der Waals surface area (Å²) in [6, 6.07) is 2.34. The van der Waals surface area contributed by atoms with E-state index in [9.17, 15) is 10.4 Å². The molecule has 0 bridgehead atoms. The van der Waals surface area contributed by atoms with Crippen LogP contribution in [0.2, 0.25) is 0 Å². The Bertz CT molecular complexity index is 267. The predicted octanol–water partition coefficient (Wildman–Crippen LogP) is 1.61. The minimum Gasteiger partial charge on any atom is -0.388 e. The van der Waals surface area contributed by atoms with Gasteiger partial charge in [0.2, 0.25) is 0 Å². The van der Waals surface area contributed by atoms with Crippen LogP contribution in [0.3, 0.4) is 0 Å². The number of aliphatic hydroxyl groups is 1. The molecule has 2 aliphatic rings. The molecule has 0 aromatic carbocycles. The second kappa shape index (κ2) is 3.22. The zero-order valence-corrected chi connectivity index (χ0v) is 8.62. The molecule has 1 N–H and O–H groups in total. The summed E-state index contributed by atoms with van der Waals surface area (Å²) in [5.41, 5.74) is -1.26. The molecule has 1 saturated heterocycles. The Morgan fingerprint density at radius 2 is 2.14 bits per heavy atom. The first-order valence-electron chi connectivity index (χ1n) is 5.37. The fraction of sp³-hybridized carbons (Fsp3) is 0.909. The predicted molar refractivity (Wildman–Crippen MR) is 51.5 cm³/mol. The third kappa shape index (κ3) is 1.25. The van der Waals surface area contributed by atoms with Gasteiger partial charge in [0.1, 0.15) is 0 Å². The van der Waals surface area contributed by atoms with Crippen molar-refractivity contribution >= 4 is 0 Å². The number of ether oxygens (including phenoxy) is 1. The average molecular weight is 195 g/mol. The van der Waals surface area contributed by atoms with Gasteiger partial charge < -0.3 is 9.84 Å². The van der Waals surface area contributed by atoms with Crippen LogP contribution in [0.5, 0.6) is 0 Å². The molecule has 0 amide bonds. The topological polar surface area (TPSA) is 53.2 Å². The third-order valence-corrected chi connectivity index (χ3v) is 3.86. The zero-order chi connectivity index (χ0) is 10.2. The van der Waals surface area contributed by atoms with Crippen molar-refractivity contribution in [3.05, 3.63) is 0 Å². The highest BCUT2D eigenvalue weighted by Crippen LogP contribution is 2.53. The first kappa shape index (κ1) is 9.95. The van der Waals surface area contributed by atoms with Crippen LogP contribution in [-0.2, 0) is 4.74 Å². The third-order valence-electron chi connectivity index (χ3n) is 3.86. The van der Waals surface area contributed by atoms with Gasteiger partial charge in [0.15, 0.2) is 0 Å². The summed E-state index contributed by atoms with van der Waals surface area (Å²) in [4.78, 5) is 0. The van der Waals surface area contributed by atoms with Crippen molar-refractivity contribution < 1.29 is 9.84 Å². The highest BCUT2D eigenvalue weighted by molar-refractivity contribution is 5.16. The van der Waals surface area contributed by atoms with E-state index < -0.39 is 11.0 Å². The molecule has 2 fully saturated rings. The number of hydrogen-bond donors (Lipinski definition) is 1. The van der Waals surface area contributed by atoms with E-state index >= 15 is 0 Å². The summed E-state index contributed by atoms with van der Waals surface area (Å²) in [5.74, 6) is 0. The summed E-state index contributed by atoms with van der Waals surface area (Å²) in [6.45, 7) is 2.55. The van der Waals surface area contributed by atoms with E-state index in [4.69, 9.17) is 4.74 Å². The molecule has 2 rings (SSSR count). The van der Waals surface area contributed by atoms with Gasteiger partial charge in [-0.3, -0.25) is 0 Å². The van der Waals surface area contributed by atoms with E-state index in [2.05, 4.69) is 6.07 Å². The molecule has 78 valence electrons. The number of rotatable bonds is 1. The fourth-order valence-electron chi connectivity index (χ4n) is 2.71. The maximum Gasteiger partial charge on any atom is 0.0879 e. The van der Waals surface area contributed by atoms with Crippen molar-refractivity contribution in [2.45, 2.75) is 50.7 Å². The van der Waals surface area contributed by atoms with E-state index in [1.54, 1.807) is 0 Å². The van der Waals surface area contributed by atoms with Crippen molar-refractivity contribution in [1.82, 2.24) is 0 Å². The number of hydrogen-bond acceptors (Lipinski definition) is 3. The number of nitrogens with zero attached hydrogens (tertiary/aromatic N) is 1.